The third-order valence-electron chi connectivity index (χ3n) is 4.60. The molecule has 0 spiro atoms. The molecule has 0 unspecified atom stereocenters. The van der Waals surface area contributed by atoms with Gasteiger partial charge in [0, 0.05) is 46.5 Å². The number of anilines is 2. The van der Waals surface area contributed by atoms with Gasteiger partial charge in [0.15, 0.2) is 0 Å². The number of H-pyrrole nitrogens is 2. The van der Waals surface area contributed by atoms with Gasteiger partial charge in [0.25, 0.3) is 5.56 Å². The molecule has 3 N–H and O–H groups in total. The van der Waals surface area contributed by atoms with E-state index in [4.69, 9.17) is 9.72 Å². The Morgan fingerprint density at radius 1 is 1.07 bits per heavy atom. The molecule has 27 heavy (non-hydrogen) atoms. The Bertz CT molecular complexity index is 1370. The van der Waals surface area contributed by atoms with Gasteiger partial charge in [0.2, 0.25) is 0 Å². The fraction of sp³-hybridized carbons (Fsp3) is 0.0500. The van der Waals surface area contributed by atoms with Crippen LogP contribution in [-0.2, 0) is 0 Å². The largest absolute Gasteiger partial charge is 0.497 e. The lowest BCUT2D eigenvalue weighted by Gasteiger charge is -2.10. The Morgan fingerprint density at radius 2 is 2.00 bits per heavy atom. The molecule has 4 aromatic heterocycles. The quantitative estimate of drug-likeness (QED) is 0.457. The Balaban J connectivity index is 1.81. The molecule has 1 aromatic carbocycles. The number of aromatic amines is 2. The Hall–Kier alpha value is -3.87. The molecule has 0 bridgehead atoms. The van der Waals surface area contributed by atoms with Crippen molar-refractivity contribution in [1.82, 2.24) is 19.9 Å². The van der Waals surface area contributed by atoms with E-state index < -0.39 is 0 Å². The van der Waals surface area contributed by atoms with Crippen LogP contribution in [0.25, 0.3) is 32.7 Å². The standard InChI is InChI=1S/C20H15N5O2/c1-27-12-4-2-3-11(9-12)23-19-15-10-21-7-5-13(15)16-17(25-19)14-6-8-22-20(26)18(14)24-16/h2-10,24H,1H3,(H,22,26)(H,23,25). The molecule has 0 atom stereocenters. The molecule has 0 saturated heterocycles. The van der Waals surface area contributed by atoms with Gasteiger partial charge in [-0.15, -0.1) is 0 Å². The number of benzene rings is 1. The zero-order valence-electron chi connectivity index (χ0n) is 14.4. The van der Waals surface area contributed by atoms with Crippen LogP contribution in [0.4, 0.5) is 11.5 Å². The molecule has 0 radical (unpaired) electrons. The minimum absolute atomic E-state index is 0.171. The van der Waals surface area contributed by atoms with E-state index in [0.717, 1.165) is 38.6 Å². The molecule has 5 aromatic rings. The molecule has 7 nitrogen and oxygen atoms in total. The van der Waals surface area contributed by atoms with Crippen LogP contribution in [0.1, 0.15) is 0 Å². The SMILES string of the molecule is COc1cccc(Nc2nc3c4cc[nH]c(=O)c4[nH]c3c3ccncc23)c1. The maximum absolute atomic E-state index is 12.2. The Kier molecular flexibility index (Phi) is 3.33. The van der Waals surface area contributed by atoms with Crippen molar-refractivity contribution in [3.8, 4) is 5.75 Å². The number of nitrogens with one attached hydrogen (secondary N) is 3. The molecule has 5 rings (SSSR count). The maximum Gasteiger partial charge on any atom is 0.272 e. The van der Waals surface area contributed by atoms with Gasteiger partial charge in [0.05, 0.1) is 18.1 Å². The van der Waals surface area contributed by atoms with E-state index in [0.29, 0.717) is 11.3 Å². The summed E-state index contributed by atoms with van der Waals surface area (Å²) >= 11 is 0. The number of pyridine rings is 3. The van der Waals surface area contributed by atoms with Crippen LogP contribution < -0.4 is 15.6 Å². The molecular formula is C20H15N5O2. The van der Waals surface area contributed by atoms with E-state index in [9.17, 15) is 4.79 Å². The lowest BCUT2D eigenvalue weighted by molar-refractivity contribution is 0.415. The highest BCUT2D eigenvalue weighted by atomic mass is 16.5. The number of aromatic nitrogens is 4. The summed E-state index contributed by atoms with van der Waals surface area (Å²) in [6.07, 6.45) is 5.12. The molecule has 132 valence electrons. The summed E-state index contributed by atoms with van der Waals surface area (Å²) in [5.41, 5.74) is 2.74. The van der Waals surface area contributed by atoms with Crippen molar-refractivity contribution in [3.05, 3.63) is 65.3 Å². The van der Waals surface area contributed by atoms with Crippen molar-refractivity contribution < 1.29 is 4.74 Å². The van der Waals surface area contributed by atoms with Crippen LogP contribution in [0.3, 0.4) is 0 Å². The van der Waals surface area contributed by atoms with Crippen molar-refractivity contribution >= 4 is 44.2 Å². The van der Waals surface area contributed by atoms with E-state index in [-0.39, 0.29) is 5.56 Å². The molecule has 0 saturated carbocycles. The van der Waals surface area contributed by atoms with Gasteiger partial charge in [-0.2, -0.15) is 0 Å². The smallest absolute Gasteiger partial charge is 0.272 e. The van der Waals surface area contributed by atoms with Gasteiger partial charge in [-0.25, -0.2) is 4.98 Å². The summed E-state index contributed by atoms with van der Waals surface area (Å²) in [7, 11) is 1.63. The van der Waals surface area contributed by atoms with E-state index in [1.165, 1.54) is 0 Å². The zero-order chi connectivity index (χ0) is 18.4. The predicted molar refractivity (Wildman–Crippen MR) is 106 cm³/mol. The number of methoxy groups -OCH3 is 1. The predicted octanol–water partition coefficient (Wildman–Crippen LogP) is 3.70. The fourth-order valence-corrected chi connectivity index (χ4v) is 3.34. The average molecular weight is 357 g/mol. The summed E-state index contributed by atoms with van der Waals surface area (Å²) in [4.78, 5) is 27.1. The van der Waals surface area contributed by atoms with Crippen LogP contribution >= 0.6 is 0 Å². The van der Waals surface area contributed by atoms with Crippen LogP contribution in [0.15, 0.2) is 59.8 Å². The lowest BCUT2D eigenvalue weighted by Crippen LogP contribution is -2.03. The van der Waals surface area contributed by atoms with Crippen LogP contribution in [0.5, 0.6) is 5.75 Å². The van der Waals surface area contributed by atoms with Crippen LogP contribution in [0.2, 0.25) is 0 Å². The second-order valence-corrected chi connectivity index (χ2v) is 6.18. The molecule has 0 aliphatic heterocycles. The van der Waals surface area contributed by atoms with E-state index in [2.05, 4.69) is 20.3 Å². The number of hydrogen-bond acceptors (Lipinski definition) is 5. The van der Waals surface area contributed by atoms with Crippen molar-refractivity contribution in [2.45, 2.75) is 0 Å². The Morgan fingerprint density at radius 3 is 2.89 bits per heavy atom. The van der Waals surface area contributed by atoms with Crippen molar-refractivity contribution in [3.63, 3.8) is 0 Å². The van der Waals surface area contributed by atoms with Gasteiger partial charge < -0.3 is 20.0 Å². The second-order valence-electron chi connectivity index (χ2n) is 6.18. The highest BCUT2D eigenvalue weighted by molar-refractivity contribution is 6.17. The van der Waals surface area contributed by atoms with E-state index in [1.807, 2.05) is 36.4 Å². The maximum atomic E-state index is 12.2. The highest BCUT2D eigenvalue weighted by Gasteiger charge is 2.15. The Labute approximate surface area is 153 Å². The fourth-order valence-electron chi connectivity index (χ4n) is 3.34. The third kappa shape index (κ3) is 2.40. The number of ether oxygens (including phenoxy) is 1. The summed E-state index contributed by atoms with van der Waals surface area (Å²) in [6.45, 7) is 0. The first kappa shape index (κ1) is 15.4. The van der Waals surface area contributed by atoms with Crippen molar-refractivity contribution in [2.75, 3.05) is 12.4 Å². The average Bonchev–Trinajstić information content (AvgIpc) is 3.09. The number of hydrogen-bond donors (Lipinski definition) is 3. The second kappa shape index (κ2) is 5.84. The molecule has 7 heteroatoms. The molecule has 0 aliphatic rings. The summed E-state index contributed by atoms with van der Waals surface area (Å²) < 4.78 is 5.29. The van der Waals surface area contributed by atoms with Gasteiger partial charge in [0.1, 0.15) is 17.1 Å². The van der Waals surface area contributed by atoms with Gasteiger partial charge >= 0.3 is 0 Å². The molecule has 0 amide bonds. The topological polar surface area (TPSA) is 95.7 Å². The molecule has 0 aliphatic carbocycles. The van der Waals surface area contributed by atoms with E-state index in [1.54, 1.807) is 25.7 Å². The van der Waals surface area contributed by atoms with E-state index >= 15 is 0 Å². The summed E-state index contributed by atoms with van der Waals surface area (Å²) in [6, 6.07) is 11.4. The van der Waals surface area contributed by atoms with Crippen molar-refractivity contribution in [1.29, 1.82) is 0 Å². The number of rotatable bonds is 3. The highest BCUT2D eigenvalue weighted by Crippen LogP contribution is 2.33. The van der Waals surface area contributed by atoms with Crippen molar-refractivity contribution in [2.24, 2.45) is 0 Å². The van der Waals surface area contributed by atoms with Gasteiger partial charge in [-0.1, -0.05) is 6.07 Å². The first-order valence-corrected chi connectivity index (χ1v) is 8.42. The summed E-state index contributed by atoms with van der Waals surface area (Å²) in [5.74, 6) is 1.42. The summed E-state index contributed by atoms with van der Waals surface area (Å²) in [5, 5.41) is 5.93. The lowest BCUT2D eigenvalue weighted by atomic mass is 10.1. The van der Waals surface area contributed by atoms with Crippen LogP contribution in [-0.4, -0.2) is 27.0 Å². The van der Waals surface area contributed by atoms with Crippen LogP contribution in [0, 0.1) is 0 Å². The monoisotopic (exact) mass is 357 g/mol. The first-order valence-electron chi connectivity index (χ1n) is 8.42. The minimum atomic E-state index is -0.171. The van der Waals surface area contributed by atoms with Gasteiger partial charge in [-0.05, 0) is 24.3 Å². The third-order valence-corrected chi connectivity index (χ3v) is 4.60. The molecule has 4 heterocycles. The normalized spacial score (nSPS) is 11.3. The number of fused-ring (bicyclic) bond motifs is 5. The van der Waals surface area contributed by atoms with Gasteiger partial charge in [-0.3, -0.25) is 9.78 Å². The number of nitrogens with zero attached hydrogens (tertiary/aromatic N) is 2. The zero-order valence-corrected chi connectivity index (χ0v) is 14.4. The minimum Gasteiger partial charge on any atom is -0.497 e. The molecule has 0 fully saturated rings. The first-order chi connectivity index (χ1) is 13.2. The molecular weight excluding hydrogens is 342 g/mol.